The van der Waals surface area contributed by atoms with Crippen molar-refractivity contribution in [3.8, 4) is 0 Å². The Morgan fingerprint density at radius 1 is 1.67 bits per heavy atom. The molecule has 1 rings (SSSR count). The van der Waals surface area contributed by atoms with Crippen LogP contribution in [0.25, 0.3) is 0 Å². The molecule has 1 aliphatic heterocycles. The van der Waals surface area contributed by atoms with Gasteiger partial charge < -0.3 is 19.9 Å². The monoisotopic (exact) mass is 173 g/mol. The summed E-state index contributed by atoms with van der Waals surface area (Å²) in [5.74, 6) is -0.196. The summed E-state index contributed by atoms with van der Waals surface area (Å²) in [7, 11) is 0. The van der Waals surface area contributed by atoms with Crippen LogP contribution in [-0.4, -0.2) is 37.4 Å². The van der Waals surface area contributed by atoms with E-state index in [1.165, 1.54) is 6.26 Å². The number of aliphatic hydroxyl groups is 1. The molecule has 0 aliphatic carbocycles. The Kier molecular flexibility index (Phi) is 3.40. The topological polar surface area (TPSA) is 67.8 Å². The first-order valence-corrected chi connectivity index (χ1v) is 3.68. The zero-order chi connectivity index (χ0) is 8.81. The molecule has 0 bridgehead atoms. The second-order valence-electron chi connectivity index (χ2n) is 2.18. The maximum absolute atomic E-state index is 11.1. The van der Waals surface area contributed by atoms with Crippen molar-refractivity contribution in [3.63, 3.8) is 0 Å². The quantitative estimate of drug-likeness (QED) is 0.573. The van der Waals surface area contributed by atoms with Gasteiger partial charge in [-0.3, -0.25) is 4.79 Å². The van der Waals surface area contributed by atoms with Gasteiger partial charge >= 0.3 is 0 Å². The van der Waals surface area contributed by atoms with E-state index in [4.69, 9.17) is 14.6 Å². The summed E-state index contributed by atoms with van der Waals surface area (Å²) in [6, 6.07) is 0. The summed E-state index contributed by atoms with van der Waals surface area (Å²) < 4.78 is 9.85. The molecular weight excluding hydrogens is 162 g/mol. The Labute approximate surface area is 70.0 Å². The number of ether oxygens (including phenoxy) is 2. The number of nitrogens with one attached hydrogen (secondary N) is 1. The lowest BCUT2D eigenvalue weighted by atomic mass is 10.4. The largest absolute Gasteiger partial charge is 0.494 e. The molecule has 0 fully saturated rings. The van der Waals surface area contributed by atoms with E-state index >= 15 is 0 Å². The van der Waals surface area contributed by atoms with E-state index in [2.05, 4.69) is 5.32 Å². The van der Waals surface area contributed by atoms with Crippen LogP contribution in [0.3, 0.4) is 0 Å². The molecule has 0 radical (unpaired) electrons. The Morgan fingerprint density at radius 2 is 2.50 bits per heavy atom. The molecule has 1 amide bonds. The van der Waals surface area contributed by atoms with Gasteiger partial charge in [0.15, 0.2) is 0 Å². The van der Waals surface area contributed by atoms with Crippen LogP contribution in [0.1, 0.15) is 0 Å². The van der Waals surface area contributed by atoms with Gasteiger partial charge in [-0.1, -0.05) is 0 Å². The lowest BCUT2D eigenvalue weighted by Gasteiger charge is -2.14. The van der Waals surface area contributed by atoms with Crippen LogP contribution in [0, 0.1) is 0 Å². The zero-order valence-electron chi connectivity index (χ0n) is 6.58. The van der Waals surface area contributed by atoms with Crippen molar-refractivity contribution in [2.24, 2.45) is 0 Å². The summed E-state index contributed by atoms with van der Waals surface area (Å²) in [6.45, 7) is 0.995. The van der Waals surface area contributed by atoms with Crippen molar-refractivity contribution >= 4 is 5.91 Å². The summed E-state index contributed by atoms with van der Waals surface area (Å²) in [4.78, 5) is 11.1. The van der Waals surface area contributed by atoms with E-state index < -0.39 is 0 Å². The third-order valence-electron chi connectivity index (χ3n) is 1.27. The molecule has 2 N–H and O–H groups in total. The third kappa shape index (κ3) is 2.43. The average Bonchev–Trinajstić information content (AvgIpc) is 2.15. The highest BCUT2D eigenvalue weighted by Crippen LogP contribution is 2.03. The van der Waals surface area contributed by atoms with Gasteiger partial charge in [0.2, 0.25) is 5.76 Å². The molecule has 0 saturated heterocycles. The van der Waals surface area contributed by atoms with Gasteiger partial charge in [0, 0.05) is 6.54 Å². The van der Waals surface area contributed by atoms with Crippen molar-refractivity contribution in [1.82, 2.24) is 5.32 Å². The molecule has 12 heavy (non-hydrogen) atoms. The summed E-state index contributed by atoms with van der Waals surface area (Å²) in [5, 5.41) is 10.8. The molecule has 1 heterocycles. The Morgan fingerprint density at radius 3 is 3.08 bits per heavy atom. The Hall–Kier alpha value is -1.23. The first-order valence-electron chi connectivity index (χ1n) is 3.68. The number of hydrogen-bond donors (Lipinski definition) is 2. The second kappa shape index (κ2) is 4.61. The smallest absolute Gasteiger partial charge is 0.289 e. The molecule has 0 aromatic carbocycles. The highest BCUT2D eigenvalue weighted by atomic mass is 16.6. The standard InChI is InChI=1S/C7H11NO4/c9-2-1-8-7(10)6-5-11-3-4-12-6/h5,9H,1-4H2,(H,8,10). The van der Waals surface area contributed by atoms with Crippen LogP contribution in [0.4, 0.5) is 0 Å². The van der Waals surface area contributed by atoms with Gasteiger partial charge in [0.05, 0.1) is 6.61 Å². The van der Waals surface area contributed by atoms with E-state index in [1.54, 1.807) is 0 Å². The Bertz CT molecular complexity index is 190. The van der Waals surface area contributed by atoms with Gasteiger partial charge in [0.1, 0.15) is 19.5 Å². The highest BCUT2D eigenvalue weighted by molar-refractivity contribution is 5.91. The number of amides is 1. The SMILES string of the molecule is O=C(NCCO)C1=COCCO1. The van der Waals surface area contributed by atoms with Crippen LogP contribution in [-0.2, 0) is 14.3 Å². The predicted octanol–water partition coefficient (Wildman–Crippen LogP) is -1.02. The van der Waals surface area contributed by atoms with E-state index in [0.717, 1.165) is 0 Å². The molecule has 0 spiro atoms. The summed E-state index contributed by atoms with van der Waals surface area (Å²) >= 11 is 0. The second-order valence-corrected chi connectivity index (χ2v) is 2.18. The normalized spacial score (nSPS) is 15.6. The van der Waals surface area contributed by atoms with Gasteiger partial charge in [0.25, 0.3) is 5.91 Å². The minimum absolute atomic E-state index is 0.0835. The molecule has 0 saturated carbocycles. The van der Waals surface area contributed by atoms with Crippen LogP contribution < -0.4 is 5.32 Å². The maximum Gasteiger partial charge on any atom is 0.289 e. The fourth-order valence-corrected chi connectivity index (χ4v) is 0.744. The first kappa shape index (κ1) is 8.86. The molecule has 1 aliphatic rings. The van der Waals surface area contributed by atoms with Crippen LogP contribution in [0.15, 0.2) is 12.0 Å². The lowest BCUT2D eigenvalue weighted by molar-refractivity contribution is -0.122. The number of aliphatic hydroxyl groups excluding tert-OH is 1. The van der Waals surface area contributed by atoms with E-state index in [-0.39, 0.29) is 24.8 Å². The van der Waals surface area contributed by atoms with Crippen molar-refractivity contribution < 1.29 is 19.4 Å². The zero-order valence-corrected chi connectivity index (χ0v) is 6.58. The van der Waals surface area contributed by atoms with Gasteiger partial charge in [-0.15, -0.1) is 0 Å². The summed E-state index contributed by atoms with van der Waals surface area (Å²) in [6.07, 6.45) is 1.27. The van der Waals surface area contributed by atoms with E-state index in [1.807, 2.05) is 0 Å². The molecular formula is C7H11NO4. The van der Waals surface area contributed by atoms with Gasteiger partial charge in [-0.05, 0) is 0 Å². The number of rotatable bonds is 3. The predicted molar refractivity (Wildman–Crippen MR) is 40.1 cm³/mol. The molecule has 0 aromatic heterocycles. The fraction of sp³-hybridized carbons (Fsp3) is 0.571. The van der Waals surface area contributed by atoms with E-state index in [0.29, 0.717) is 13.2 Å². The van der Waals surface area contributed by atoms with E-state index in [9.17, 15) is 4.79 Å². The molecule has 5 nitrogen and oxygen atoms in total. The van der Waals surface area contributed by atoms with Gasteiger partial charge in [-0.2, -0.15) is 0 Å². The van der Waals surface area contributed by atoms with Crippen molar-refractivity contribution in [2.75, 3.05) is 26.4 Å². The number of hydrogen-bond acceptors (Lipinski definition) is 4. The third-order valence-corrected chi connectivity index (χ3v) is 1.27. The Balaban J connectivity index is 2.35. The first-order chi connectivity index (χ1) is 5.84. The van der Waals surface area contributed by atoms with Crippen molar-refractivity contribution in [2.45, 2.75) is 0 Å². The molecule has 0 aromatic rings. The van der Waals surface area contributed by atoms with Crippen molar-refractivity contribution in [1.29, 1.82) is 0 Å². The minimum atomic E-state index is -0.358. The molecule has 0 atom stereocenters. The van der Waals surface area contributed by atoms with Crippen LogP contribution >= 0.6 is 0 Å². The summed E-state index contributed by atoms with van der Waals surface area (Å²) in [5.41, 5.74) is 0. The fourth-order valence-electron chi connectivity index (χ4n) is 0.744. The molecule has 5 heteroatoms. The number of carbonyl (C=O) groups excluding carboxylic acids is 1. The van der Waals surface area contributed by atoms with Crippen molar-refractivity contribution in [3.05, 3.63) is 12.0 Å². The molecule has 0 unspecified atom stereocenters. The van der Waals surface area contributed by atoms with Crippen LogP contribution in [0.5, 0.6) is 0 Å². The van der Waals surface area contributed by atoms with Gasteiger partial charge in [-0.25, -0.2) is 0 Å². The molecule has 68 valence electrons. The minimum Gasteiger partial charge on any atom is -0.494 e. The lowest BCUT2D eigenvalue weighted by Crippen LogP contribution is -2.30. The highest BCUT2D eigenvalue weighted by Gasteiger charge is 2.13. The number of carbonyl (C=O) groups is 1. The average molecular weight is 173 g/mol. The maximum atomic E-state index is 11.1. The van der Waals surface area contributed by atoms with Crippen LogP contribution in [0.2, 0.25) is 0 Å².